The van der Waals surface area contributed by atoms with Crippen molar-refractivity contribution in [2.45, 2.75) is 0 Å². The molecule has 0 unspecified atom stereocenters. The number of nitro groups is 1. The number of methoxy groups -OCH3 is 1. The Morgan fingerprint density at radius 2 is 2.27 bits per heavy atom. The third-order valence-electron chi connectivity index (χ3n) is 1.75. The topological polar surface area (TPSA) is 93.2 Å². The Labute approximate surface area is 84.8 Å². The minimum absolute atomic E-state index is 0.0731. The zero-order valence-corrected chi connectivity index (χ0v) is 7.76. The molecule has 1 rings (SSSR count). The van der Waals surface area contributed by atoms with Crippen molar-refractivity contribution < 1.29 is 14.5 Å². The van der Waals surface area contributed by atoms with Crippen molar-refractivity contribution in [3.05, 3.63) is 39.4 Å². The van der Waals surface area contributed by atoms with Crippen LogP contribution in [0.3, 0.4) is 0 Å². The molecule has 0 heterocycles. The highest BCUT2D eigenvalue weighted by molar-refractivity contribution is 5.96. The van der Waals surface area contributed by atoms with Gasteiger partial charge >= 0.3 is 5.97 Å². The largest absolute Gasteiger partial charge is 0.465 e. The van der Waals surface area contributed by atoms with Gasteiger partial charge in [-0.25, -0.2) is 4.79 Å². The van der Waals surface area contributed by atoms with Crippen LogP contribution in [0.1, 0.15) is 15.9 Å². The first kappa shape index (κ1) is 10.7. The fourth-order valence-corrected chi connectivity index (χ4v) is 1.10. The predicted molar refractivity (Wildman–Crippen MR) is 49.2 cm³/mol. The van der Waals surface area contributed by atoms with E-state index in [1.807, 2.05) is 0 Å². The van der Waals surface area contributed by atoms with Crippen molar-refractivity contribution in [2.24, 2.45) is 0 Å². The van der Waals surface area contributed by atoms with Crippen LogP contribution in [0, 0.1) is 21.4 Å². The Morgan fingerprint density at radius 1 is 1.60 bits per heavy atom. The normalized spacial score (nSPS) is 9.07. The summed E-state index contributed by atoms with van der Waals surface area (Å²) in [5.41, 5.74) is -0.815. The Morgan fingerprint density at radius 3 is 2.73 bits per heavy atom. The number of carbonyl (C=O) groups excluding carboxylic acids is 1. The maximum Gasteiger partial charge on any atom is 0.346 e. The molecule has 6 heteroatoms. The summed E-state index contributed by atoms with van der Waals surface area (Å²) in [5.74, 6) is -0.890. The van der Waals surface area contributed by atoms with E-state index in [2.05, 4.69) is 4.74 Å². The molecule has 0 radical (unpaired) electrons. The molecule has 0 aliphatic carbocycles. The average molecular weight is 206 g/mol. The molecule has 0 saturated heterocycles. The lowest BCUT2D eigenvalue weighted by Gasteiger charge is -2.02. The van der Waals surface area contributed by atoms with Gasteiger partial charge in [-0.2, -0.15) is 5.26 Å². The summed E-state index contributed by atoms with van der Waals surface area (Å²) in [5, 5.41) is 19.3. The van der Waals surface area contributed by atoms with E-state index in [1.54, 1.807) is 6.07 Å². The van der Waals surface area contributed by atoms with Gasteiger partial charge in [-0.3, -0.25) is 10.1 Å². The van der Waals surface area contributed by atoms with Crippen LogP contribution in [0.25, 0.3) is 0 Å². The Hall–Kier alpha value is -2.42. The lowest BCUT2D eigenvalue weighted by molar-refractivity contribution is -0.385. The zero-order chi connectivity index (χ0) is 11.4. The molecular weight excluding hydrogens is 200 g/mol. The summed E-state index contributed by atoms with van der Waals surface area (Å²) in [7, 11) is 1.10. The summed E-state index contributed by atoms with van der Waals surface area (Å²) >= 11 is 0. The summed E-state index contributed by atoms with van der Waals surface area (Å²) in [6, 6.07) is 5.50. The minimum atomic E-state index is -0.890. The second-order valence-electron chi connectivity index (χ2n) is 2.56. The number of nitrogens with zero attached hydrogens (tertiary/aromatic N) is 2. The molecule has 0 spiro atoms. The van der Waals surface area contributed by atoms with E-state index in [0.29, 0.717) is 0 Å². The molecular formula is C9H6N2O4. The number of rotatable bonds is 2. The average Bonchev–Trinajstić information content (AvgIpc) is 2.26. The van der Waals surface area contributed by atoms with Crippen molar-refractivity contribution in [3.8, 4) is 6.07 Å². The van der Waals surface area contributed by atoms with Crippen LogP contribution in [0.5, 0.6) is 0 Å². The molecule has 76 valence electrons. The van der Waals surface area contributed by atoms with Gasteiger partial charge in [0.25, 0.3) is 5.69 Å². The van der Waals surface area contributed by atoms with E-state index in [9.17, 15) is 14.9 Å². The van der Waals surface area contributed by atoms with Crippen LogP contribution in [0.15, 0.2) is 18.2 Å². The molecule has 0 aliphatic rings. The van der Waals surface area contributed by atoms with E-state index in [1.165, 1.54) is 12.1 Å². The predicted octanol–water partition coefficient (Wildman–Crippen LogP) is 1.25. The SMILES string of the molecule is COC(=O)c1c(C#N)cccc1[N+](=O)[O-]. The maximum atomic E-state index is 11.2. The molecule has 0 saturated carbocycles. The quantitative estimate of drug-likeness (QED) is 0.412. The molecule has 1 aromatic carbocycles. The van der Waals surface area contributed by atoms with Crippen molar-refractivity contribution in [3.63, 3.8) is 0 Å². The van der Waals surface area contributed by atoms with E-state index in [-0.39, 0.29) is 11.1 Å². The third-order valence-corrected chi connectivity index (χ3v) is 1.75. The molecule has 15 heavy (non-hydrogen) atoms. The van der Waals surface area contributed by atoms with Crippen molar-refractivity contribution in [2.75, 3.05) is 7.11 Å². The van der Waals surface area contributed by atoms with Gasteiger partial charge in [-0.15, -0.1) is 0 Å². The van der Waals surface area contributed by atoms with Gasteiger partial charge in [-0.05, 0) is 6.07 Å². The molecule has 0 N–H and O–H groups in total. The van der Waals surface area contributed by atoms with Crippen LogP contribution in [0.2, 0.25) is 0 Å². The molecule has 0 fully saturated rings. The number of nitriles is 1. The fraction of sp³-hybridized carbons (Fsp3) is 0.111. The third kappa shape index (κ3) is 1.91. The number of hydrogen-bond donors (Lipinski definition) is 0. The van der Waals surface area contributed by atoms with E-state index in [4.69, 9.17) is 5.26 Å². The first-order valence-electron chi connectivity index (χ1n) is 3.87. The second-order valence-corrected chi connectivity index (χ2v) is 2.56. The maximum absolute atomic E-state index is 11.2. The van der Waals surface area contributed by atoms with E-state index < -0.39 is 16.6 Å². The summed E-state index contributed by atoms with van der Waals surface area (Å²) in [6.07, 6.45) is 0. The van der Waals surface area contributed by atoms with Gasteiger partial charge in [0.15, 0.2) is 5.56 Å². The van der Waals surface area contributed by atoms with Crippen molar-refractivity contribution in [1.82, 2.24) is 0 Å². The molecule has 0 amide bonds. The number of nitro benzene ring substituents is 1. The number of benzene rings is 1. The van der Waals surface area contributed by atoms with Gasteiger partial charge in [0.05, 0.1) is 17.6 Å². The van der Waals surface area contributed by atoms with Crippen molar-refractivity contribution >= 4 is 11.7 Å². The zero-order valence-electron chi connectivity index (χ0n) is 7.76. The van der Waals surface area contributed by atoms with Crippen LogP contribution < -0.4 is 0 Å². The van der Waals surface area contributed by atoms with Gasteiger partial charge in [0, 0.05) is 6.07 Å². The number of carbonyl (C=O) groups is 1. The van der Waals surface area contributed by atoms with E-state index >= 15 is 0 Å². The van der Waals surface area contributed by atoms with Gasteiger partial charge in [0.1, 0.15) is 6.07 Å². The smallest absolute Gasteiger partial charge is 0.346 e. The van der Waals surface area contributed by atoms with Gasteiger partial charge in [0.2, 0.25) is 0 Å². The minimum Gasteiger partial charge on any atom is -0.465 e. The first-order valence-corrected chi connectivity index (χ1v) is 3.87. The lowest BCUT2D eigenvalue weighted by Crippen LogP contribution is -2.08. The standard InChI is InChI=1S/C9H6N2O4/c1-15-9(12)8-6(5-10)3-2-4-7(8)11(13)14/h2-4H,1H3. The number of hydrogen-bond acceptors (Lipinski definition) is 5. The van der Waals surface area contributed by atoms with Crippen LogP contribution >= 0.6 is 0 Å². The number of ether oxygens (including phenoxy) is 1. The van der Waals surface area contributed by atoms with Crippen LogP contribution in [-0.4, -0.2) is 18.0 Å². The fourth-order valence-electron chi connectivity index (χ4n) is 1.10. The van der Waals surface area contributed by atoms with Crippen LogP contribution in [0.4, 0.5) is 5.69 Å². The summed E-state index contributed by atoms with van der Waals surface area (Å²) < 4.78 is 4.38. The number of esters is 1. The van der Waals surface area contributed by atoms with Gasteiger partial charge in [-0.1, -0.05) is 6.07 Å². The monoisotopic (exact) mass is 206 g/mol. The summed E-state index contributed by atoms with van der Waals surface area (Å²) in [6.45, 7) is 0. The molecule has 0 aromatic heterocycles. The highest BCUT2D eigenvalue weighted by Gasteiger charge is 2.24. The van der Waals surface area contributed by atoms with E-state index in [0.717, 1.165) is 13.2 Å². The molecule has 6 nitrogen and oxygen atoms in total. The highest BCUT2D eigenvalue weighted by atomic mass is 16.6. The van der Waals surface area contributed by atoms with Crippen LogP contribution in [-0.2, 0) is 4.74 Å². The Balaban J connectivity index is 3.48. The van der Waals surface area contributed by atoms with Crippen molar-refractivity contribution in [1.29, 1.82) is 5.26 Å². The Kier molecular flexibility index (Phi) is 2.98. The van der Waals surface area contributed by atoms with Gasteiger partial charge < -0.3 is 4.74 Å². The Bertz CT molecular complexity index is 462. The molecule has 0 aliphatic heterocycles. The summed E-state index contributed by atoms with van der Waals surface area (Å²) in [4.78, 5) is 21.1. The second kappa shape index (κ2) is 4.19. The molecule has 0 atom stereocenters. The molecule has 1 aromatic rings. The highest BCUT2D eigenvalue weighted by Crippen LogP contribution is 2.22. The first-order chi connectivity index (χ1) is 7.11. The lowest BCUT2D eigenvalue weighted by atomic mass is 10.1. The molecule has 0 bridgehead atoms.